The Morgan fingerprint density at radius 1 is 0.588 bits per heavy atom. The molecule has 3 N–H and O–H groups in total. The minimum atomic E-state index is -4.28. The minimum absolute atomic E-state index is 0.0384. The van der Waals surface area contributed by atoms with E-state index in [0.29, 0.717) is 6.42 Å². The second-order valence-corrected chi connectivity index (χ2v) is 16.1. The van der Waals surface area contributed by atoms with Crippen LogP contribution in [0.2, 0.25) is 0 Å². The molecule has 0 saturated heterocycles. The average molecular weight is 746 g/mol. The summed E-state index contributed by atoms with van der Waals surface area (Å²) in [5.74, 6) is -0.347. The molecule has 0 radical (unpaired) electrons. The van der Waals surface area contributed by atoms with Gasteiger partial charge in [-0.15, -0.1) is 0 Å². The number of esters is 1. The van der Waals surface area contributed by atoms with E-state index in [4.69, 9.17) is 24.3 Å². The molecule has 9 heteroatoms. The van der Waals surface area contributed by atoms with Gasteiger partial charge in [0.25, 0.3) is 0 Å². The molecule has 304 valence electrons. The molecule has 0 aromatic carbocycles. The van der Waals surface area contributed by atoms with Crippen LogP contribution in [-0.2, 0) is 27.9 Å². The fourth-order valence-electron chi connectivity index (χ4n) is 6.32. The number of phosphoric acid groups is 1. The molecule has 0 rings (SSSR count). The van der Waals surface area contributed by atoms with Gasteiger partial charge in [-0.2, -0.15) is 0 Å². The Bertz CT molecular complexity index is 797. The normalized spacial score (nSPS) is 13.5. The van der Waals surface area contributed by atoms with Crippen LogP contribution in [0, 0.1) is 0 Å². The second-order valence-electron chi connectivity index (χ2n) is 14.6. The summed E-state index contributed by atoms with van der Waals surface area (Å²) in [5, 5.41) is 0. The van der Waals surface area contributed by atoms with Crippen LogP contribution in [0.25, 0.3) is 0 Å². The lowest BCUT2D eigenvalue weighted by Crippen LogP contribution is -2.27. The SMILES string of the molecule is CCCCCCCCCCCCCC/C=C\OC[C@H](COP(=O)(O)OCCN)OC(=O)CCCCCCCCCCCCCCCCCCCC. The molecule has 0 aromatic rings. The summed E-state index contributed by atoms with van der Waals surface area (Å²) in [7, 11) is -4.28. The van der Waals surface area contributed by atoms with E-state index in [2.05, 4.69) is 13.8 Å². The summed E-state index contributed by atoms with van der Waals surface area (Å²) >= 11 is 0. The number of hydrogen-bond donors (Lipinski definition) is 2. The highest BCUT2D eigenvalue weighted by atomic mass is 31.2. The van der Waals surface area contributed by atoms with E-state index in [1.807, 2.05) is 6.08 Å². The van der Waals surface area contributed by atoms with E-state index >= 15 is 0 Å². The third-order valence-corrected chi connectivity index (χ3v) is 10.5. The maximum absolute atomic E-state index is 12.6. The Kier molecular flexibility index (Phi) is 39.5. The number of carbonyl (C=O) groups excluding carboxylic acids is 1. The molecule has 0 aliphatic heterocycles. The van der Waals surface area contributed by atoms with Gasteiger partial charge in [-0.25, -0.2) is 4.57 Å². The molecule has 0 bridgehead atoms. The van der Waals surface area contributed by atoms with Crippen molar-refractivity contribution in [1.29, 1.82) is 0 Å². The molecule has 0 fully saturated rings. The van der Waals surface area contributed by atoms with Crippen LogP contribution >= 0.6 is 7.82 Å². The number of carbonyl (C=O) groups is 1. The fraction of sp³-hybridized carbons (Fsp3) is 0.929. The number of phosphoric ester groups is 1. The minimum Gasteiger partial charge on any atom is -0.498 e. The maximum atomic E-state index is 12.6. The molecule has 0 aromatic heterocycles. The van der Waals surface area contributed by atoms with Crippen LogP contribution < -0.4 is 5.73 Å². The molecule has 2 atom stereocenters. The monoisotopic (exact) mass is 746 g/mol. The van der Waals surface area contributed by atoms with Crippen LogP contribution in [0.3, 0.4) is 0 Å². The third-order valence-electron chi connectivity index (χ3n) is 9.53. The van der Waals surface area contributed by atoms with Gasteiger partial charge in [-0.3, -0.25) is 13.8 Å². The van der Waals surface area contributed by atoms with Crippen molar-refractivity contribution < 1.29 is 32.8 Å². The average Bonchev–Trinajstić information content (AvgIpc) is 3.12. The lowest BCUT2D eigenvalue weighted by Gasteiger charge is -2.19. The van der Waals surface area contributed by atoms with E-state index < -0.39 is 13.9 Å². The van der Waals surface area contributed by atoms with Crippen molar-refractivity contribution in [2.45, 2.75) is 225 Å². The predicted octanol–water partition coefficient (Wildman–Crippen LogP) is 13.0. The number of allylic oxidation sites excluding steroid dienone is 1. The van der Waals surface area contributed by atoms with E-state index in [1.54, 1.807) is 6.26 Å². The summed E-state index contributed by atoms with van der Waals surface area (Å²) in [4.78, 5) is 22.4. The summed E-state index contributed by atoms with van der Waals surface area (Å²) in [6.45, 7) is 4.28. The van der Waals surface area contributed by atoms with E-state index in [-0.39, 0.29) is 32.3 Å². The van der Waals surface area contributed by atoms with Crippen LogP contribution in [0.1, 0.15) is 219 Å². The number of nitrogens with two attached hydrogens (primary N) is 1. The zero-order valence-electron chi connectivity index (χ0n) is 33.6. The molecular formula is C42H84NO7P. The molecule has 8 nitrogen and oxygen atoms in total. The number of unbranched alkanes of at least 4 members (excludes halogenated alkanes) is 29. The van der Waals surface area contributed by atoms with E-state index in [0.717, 1.165) is 32.1 Å². The van der Waals surface area contributed by atoms with E-state index in [1.165, 1.54) is 167 Å². The van der Waals surface area contributed by atoms with Crippen LogP contribution in [-0.4, -0.2) is 43.3 Å². The molecule has 0 aliphatic rings. The number of rotatable bonds is 42. The molecular weight excluding hydrogens is 661 g/mol. The predicted molar refractivity (Wildman–Crippen MR) is 215 cm³/mol. The van der Waals surface area contributed by atoms with Crippen molar-refractivity contribution in [3.8, 4) is 0 Å². The molecule has 1 unspecified atom stereocenters. The Hall–Kier alpha value is -0.920. The zero-order chi connectivity index (χ0) is 37.4. The van der Waals surface area contributed by atoms with Crippen molar-refractivity contribution in [3.63, 3.8) is 0 Å². The smallest absolute Gasteiger partial charge is 0.472 e. The van der Waals surface area contributed by atoms with Crippen LogP contribution in [0.4, 0.5) is 0 Å². The highest BCUT2D eigenvalue weighted by molar-refractivity contribution is 7.47. The molecule has 0 saturated carbocycles. The van der Waals surface area contributed by atoms with Gasteiger partial charge in [-0.1, -0.05) is 194 Å². The van der Waals surface area contributed by atoms with Gasteiger partial charge in [0.1, 0.15) is 6.61 Å². The first-order valence-corrected chi connectivity index (χ1v) is 23.2. The second kappa shape index (κ2) is 40.3. The van der Waals surface area contributed by atoms with Crippen molar-refractivity contribution in [2.75, 3.05) is 26.4 Å². The van der Waals surface area contributed by atoms with Gasteiger partial charge in [0.2, 0.25) is 0 Å². The topological polar surface area (TPSA) is 117 Å². The van der Waals surface area contributed by atoms with Crippen LogP contribution in [0.5, 0.6) is 0 Å². The van der Waals surface area contributed by atoms with Crippen molar-refractivity contribution in [2.24, 2.45) is 5.73 Å². The van der Waals surface area contributed by atoms with Gasteiger partial charge in [0.15, 0.2) is 6.10 Å². The lowest BCUT2D eigenvalue weighted by atomic mass is 10.0. The largest absolute Gasteiger partial charge is 0.498 e. The highest BCUT2D eigenvalue weighted by Crippen LogP contribution is 2.43. The van der Waals surface area contributed by atoms with Gasteiger partial charge in [0.05, 0.1) is 19.5 Å². The highest BCUT2D eigenvalue weighted by Gasteiger charge is 2.25. The summed E-state index contributed by atoms with van der Waals surface area (Å²) in [6.07, 6.45) is 43.2. The lowest BCUT2D eigenvalue weighted by molar-refractivity contribution is -0.153. The molecule has 51 heavy (non-hydrogen) atoms. The molecule has 0 amide bonds. The van der Waals surface area contributed by atoms with Gasteiger partial charge in [0, 0.05) is 13.0 Å². The quantitative estimate of drug-likeness (QED) is 0.0274. The van der Waals surface area contributed by atoms with Gasteiger partial charge in [-0.05, 0) is 25.3 Å². The molecule has 0 aliphatic carbocycles. The standard InChI is InChI=1S/C42H84NO7P/c1-3-5-7-9-11-13-15-17-19-20-21-22-23-25-27-29-31-33-35-42(44)50-41(40-49-51(45,46)48-38-36-43)39-47-37-34-32-30-28-26-24-18-16-14-12-10-8-6-4-2/h34,37,41H,3-33,35-36,38-40,43H2,1-2H3,(H,45,46)/b37-34-/t41-/m1/s1. The zero-order valence-corrected chi connectivity index (χ0v) is 34.5. The summed E-state index contributed by atoms with van der Waals surface area (Å²) < 4.78 is 33.2. The Morgan fingerprint density at radius 2 is 0.980 bits per heavy atom. The van der Waals surface area contributed by atoms with Crippen molar-refractivity contribution in [1.82, 2.24) is 0 Å². The maximum Gasteiger partial charge on any atom is 0.472 e. The number of hydrogen-bond acceptors (Lipinski definition) is 7. The number of ether oxygens (including phenoxy) is 2. The van der Waals surface area contributed by atoms with E-state index in [9.17, 15) is 14.3 Å². The Labute approximate surface area is 315 Å². The Morgan fingerprint density at radius 3 is 1.39 bits per heavy atom. The van der Waals surface area contributed by atoms with Crippen molar-refractivity contribution >= 4 is 13.8 Å². The molecule has 0 spiro atoms. The Balaban J connectivity index is 4.02. The van der Waals surface area contributed by atoms with Crippen molar-refractivity contribution in [3.05, 3.63) is 12.3 Å². The third kappa shape index (κ3) is 40.1. The summed E-state index contributed by atoms with van der Waals surface area (Å²) in [6, 6.07) is 0. The van der Waals surface area contributed by atoms with Crippen LogP contribution in [0.15, 0.2) is 12.3 Å². The summed E-state index contributed by atoms with van der Waals surface area (Å²) in [5.41, 5.74) is 5.36. The first-order valence-electron chi connectivity index (χ1n) is 21.7. The van der Waals surface area contributed by atoms with Gasteiger partial charge >= 0.3 is 13.8 Å². The fourth-order valence-corrected chi connectivity index (χ4v) is 7.08. The first-order chi connectivity index (χ1) is 24.9. The first kappa shape index (κ1) is 50.1. The molecule has 0 heterocycles. The van der Waals surface area contributed by atoms with Gasteiger partial charge < -0.3 is 20.1 Å².